The summed E-state index contributed by atoms with van der Waals surface area (Å²) in [5.74, 6) is 0. The number of hydrogen-bond acceptors (Lipinski definition) is 7. The van der Waals surface area contributed by atoms with Crippen LogP contribution in [0.4, 0.5) is 58.7 Å². The summed E-state index contributed by atoms with van der Waals surface area (Å²) >= 11 is 0. The van der Waals surface area contributed by atoms with Gasteiger partial charge >= 0.3 is 24.4 Å². The highest BCUT2D eigenvalue weighted by atomic mass is 35.7. The van der Waals surface area contributed by atoms with Crippen LogP contribution >= 0.6 is 10.7 Å². The second-order valence-electron chi connectivity index (χ2n) is 12.8. The van der Waals surface area contributed by atoms with Crippen molar-refractivity contribution in [2.45, 2.75) is 35.2 Å². The number of sulfonamides is 1. The number of rotatable bonds is 10. The van der Waals surface area contributed by atoms with Crippen molar-refractivity contribution in [1.29, 1.82) is 0 Å². The number of nitrogens with one attached hydrogen (secondary N) is 5. The zero-order valence-electron chi connectivity index (χ0n) is 32.4. The van der Waals surface area contributed by atoms with Crippen molar-refractivity contribution in [3.63, 3.8) is 0 Å². The molecule has 0 aliphatic carbocycles. The first-order valence-corrected chi connectivity index (χ1v) is 21.8. The van der Waals surface area contributed by atoms with E-state index < -0.39 is 54.6 Å². The maximum Gasteiger partial charge on any atom is 0.416 e. The van der Waals surface area contributed by atoms with Crippen LogP contribution in [0, 0.1) is 0 Å². The normalized spacial score (nSPS) is 11.4. The molecule has 0 atom stereocenters. The van der Waals surface area contributed by atoms with Gasteiger partial charge in [-0.05, 0) is 108 Å². The summed E-state index contributed by atoms with van der Waals surface area (Å²) < 4.78 is 123. The number of anilines is 4. The predicted octanol–water partition coefficient (Wildman–Crippen LogP) is 10.3. The molecule has 4 amide bonds. The fraction of sp³-hybridized carbons (Fsp3) is 0.0952. The minimum Gasteiger partial charge on any atom is -0.326 e. The molecule has 7 N–H and O–H groups in total. The van der Waals surface area contributed by atoms with Crippen molar-refractivity contribution >= 4 is 64.6 Å². The van der Waals surface area contributed by atoms with Crippen LogP contribution in [0.2, 0.25) is 0 Å². The first-order valence-electron chi connectivity index (χ1n) is 18.1. The van der Waals surface area contributed by atoms with Gasteiger partial charge in [0.25, 0.3) is 9.05 Å². The van der Waals surface area contributed by atoms with E-state index in [1.165, 1.54) is 72.8 Å². The van der Waals surface area contributed by atoms with Crippen LogP contribution in [-0.4, -0.2) is 28.9 Å². The van der Waals surface area contributed by atoms with Gasteiger partial charge < -0.3 is 27.0 Å². The lowest BCUT2D eigenvalue weighted by molar-refractivity contribution is -0.138. The van der Waals surface area contributed by atoms with E-state index in [1.54, 1.807) is 48.5 Å². The highest BCUT2D eigenvalue weighted by molar-refractivity contribution is 8.13. The fourth-order valence-corrected chi connectivity index (χ4v) is 6.74. The third kappa shape index (κ3) is 16.7. The zero-order chi connectivity index (χ0) is 46.3. The maximum atomic E-state index is 12.6. The van der Waals surface area contributed by atoms with Gasteiger partial charge in [0, 0.05) is 46.5 Å². The molecule has 6 rings (SSSR count). The Morgan fingerprint density at radius 1 is 0.476 bits per heavy atom. The highest BCUT2D eigenvalue weighted by Gasteiger charge is 2.30. The van der Waals surface area contributed by atoms with Crippen LogP contribution in [0.15, 0.2) is 168 Å². The van der Waals surface area contributed by atoms with Crippen LogP contribution in [0.5, 0.6) is 0 Å². The summed E-state index contributed by atoms with van der Waals surface area (Å²) in [6.45, 7) is 0.0953. The Labute approximate surface area is 363 Å². The minimum absolute atomic E-state index is 0.0202. The number of para-hydroxylation sites is 2. The molecule has 0 radical (unpaired) electrons. The van der Waals surface area contributed by atoms with Crippen molar-refractivity contribution in [3.8, 4) is 0 Å². The van der Waals surface area contributed by atoms with Crippen LogP contribution < -0.4 is 31.7 Å². The molecule has 0 aliphatic rings. The van der Waals surface area contributed by atoms with Gasteiger partial charge in [-0.2, -0.15) is 26.3 Å². The number of nitrogens with two attached hydrogens (primary N) is 1. The molecule has 0 unspecified atom stereocenters. The lowest BCUT2D eigenvalue weighted by atomic mass is 10.1. The zero-order valence-corrected chi connectivity index (χ0v) is 34.8. The molecule has 63 heavy (non-hydrogen) atoms. The van der Waals surface area contributed by atoms with E-state index in [-0.39, 0.29) is 22.9 Å². The molecule has 0 spiro atoms. The molecule has 21 heteroatoms. The third-order valence-electron chi connectivity index (χ3n) is 8.14. The van der Waals surface area contributed by atoms with E-state index >= 15 is 0 Å². The van der Waals surface area contributed by atoms with Gasteiger partial charge in [-0.15, -0.1) is 0 Å². The molecular formula is C42H37ClF6N6O6S2. The molecule has 0 saturated carbocycles. The van der Waals surface area contributed by atoms with Gasteiger partial charge in [0.2, 0.25) is 10.0 Å². The van der Waals surface area contributed by atoms with E-state index in [4.69, 9.17) is 16.4 Å². The van der Waals surface area contributed by atoms with Crippen molar-refractivity contribution in [3.05, 3.63) is 180 Å². The average molecular weight is 935 g/mol. The van der Waals surface area contributed by atoms with Crippen molar-refractivity contribution in [2.24, 2.45) is 5.73 Å². The molecule has 0 aromatic heterocycles. The van der Waals surface area contributed by atoms with E-state index in [0.29, 0.717) is 33.9 Å². The standard InChI is InChI=1S/C21H18F3N3O3S.C13H11ClN2O3S.C8H8F3N/c22-21(23,24)16-8-6-15(7-9-16)14-25-31(29,30)19-12-10-18(11-13-19)27-20(28)26-17-4-2-1-3-5-17;14-20(18,19)12-8-6-11(7-9-12)16-13(17)15-10-4-2-1-3-5-10;9-8(10,11)7-3-1-6(5-12)2-4-7/h1-13,25H,14H2,(H2,26,27,28);1-9H,(H2,15,16,17);1-4H,5,12H2. The lowest BCUT2D eigenvalue weighted by Crippen LogP contribution is -2.23. The fourth-order valence-electron chi connectivity index (χ4n) is 4.95. The Morgan fingerprint density at radius 3 is 1.14 bits per heavy atom. The van der Waals surface area contributed by atoms with Gasteiger partial charge in [0.1, 0.15) is 0 Å². The van der Waals surface area contributed by atoms with E-state index in [9.17, 15) is 52.8 Å². The number of amides is 4. The smallest absolute Gasteiger partial charge is 0.326 e. The Morgan fingerprint density at radius 2 is 0.810 bits per heavy atom. The average Bonchev–Trinajstić information content (AvgIpc) is 3.24. The highest BCUT2D eigenvalue weighted by Crippen LogP contribution is 2.30. The molecule has 6 aromatic carbocycles. The van der Waals surface area contributed by atoms with Crippen LogP contribution in [0.3, 0.4) is 0 Å². The minimum atomic E-state index is -4.45. The van der Waals surface area contributed by atoms with Gasteiger partial charge in [-0.3, -0.25) is 0 Å². The Balaban J connectivity index is 0.000000232. The van der Waals surface area contributed by atoms with E-state index in [0.717, 1.165) is 24.3 Å². The molecule has 12 nitrogen and oxygen atoms in total. The molecule has 0 saturated heterocycles. The lowest BCUT2D eigenvalue weighted by Gasteiger charge is -2.10. The summed E-state index contributed by atoms with van der Waals surface area (Å²) in [7, 11) is -2.45. The molecule has 0 bridgehead atoms. The molecule has 0 fully saturated rings. The van der Waals surface area contributed by atoms with Crippen LogP contribution in [0.25, 0.3) is 0 Å². The SMILES string of the molecule is NCc1ccc(C(F)(F)F)cc1.O=C(Nc1ccccc1)Nc1ccc(S(=O)(=O)Cl)cc1.O=C(Nc1ccccc1)Nc1ccc(S(=O)(=O)NCc2ccc(C(F)(F)F)cc2)cc1. The predicted molar refractivity (Wildman–Crippen MR) is 229 cm³/mol. The molecule has 6 aromatic rings. The Bertz CT molecular complexity index is 2630. The topological polar surface area (TPSA) is 189 Å². The van der Waals surface area contributed by atoms with Crippen molar-refractivity contribution in [2.75, 3.05) is 21.3 Å². The van der Waals surface area contributed by atoms with E-state index in [1.807, 2.05) is 12.1 Å². The summed E-state index contributed by atoms with van der Waals surface area (Å²) in [6, 6.07) is 36.9. The summed E-state index contributed by atoms with van der Waals surface area (Å²) in [4.78, 5) is 23.6. The first kappa shape index (κ1) is 49.2. The van der Waals surface area contributed by atoms with Crippen LogP contribution in [0.1, 0.15) is 22.3 Å². The second-order valence-corrected chi connectivity index (χ2v) is 17.1. The third-order valence-corrected chi connectivity index (χ3v) is 10.9. The molecular weight excluding hydrogens is 898 g/mol. The van der Waals surface area contributed by atoms with E-state index in [2.05, 4.69) is 26.0 Å². The van der Waals surface area contributed by atoms with Gasteiger partial charge in [0.15, 0.2) is 0 Å². The molecule has 0 heterocycles. The number of carbonyl (C=O) groups excluding carboxylic acids is 2. The monoisotopic (exact) mass is 934 g/mol. The first-order chi connectivity index (χ1) is 29.6. The number of halogens is 7. The van der Waals surface area contributed by atoms with Crippen LogP contribution in [-0.2, 0) is 44.5 Å². The number of benzene rings is 6. The quantitative estimate of drug-likeness (QED) is 0.0582. The van der Waals surface area contributed by atoms with Crippen molar-refractivity contribution in [1.82, 2.24) is 4.72 Å². The number of hydrogen-bond donors (Lipinski definition) is 6. The Hall–Kier alpha value is -6.45. The number of carbonyl (C=O) groups is 2. The largest absolute Gasteiger partial charge is 0.416 e. The number of alkyl halides is 6. The summed E-state index contributed by atoms with van der Waals surface area (Å²) in [6.07, 6.45) is -8.71. The summed E-state index contributed by atoms with van der Waals surface area (Å²) in [5.41, 5.74) is 6.97. The Kier molecular flexibility index (Phi) is 17.2. The molecule has 332 valence electrons. The second kappa shape index (κ2) is 22.1. The van der Waals surface area contributed by atoms with Gasteiger partial charge in [0.05, 0.1) is 20.9 Å². The van der Waals surface area contributed by atoms with Gasteiger partial charge in [-0.25, -0.2) is 31.1 Å². The van der Waals surface area contributed by atoms with Crippen molar-refractivity contribution < 1.29 is 52.8 Å². The maximum absolute atomic E-state index is 12.6. The van der Waals surface area contributed by atoms with Gasteiger partial charge in [-0.1, -0.05) is 60.7 Å². The summed E-state index contributed by atoms with van der Waals surface area (Å²) in [5, 5.41) is 10.4. The molecule has 0 aliphatic heterocycles. The number of urea groups is 2.